The van der Waals surface area contributed by atoms with Crippen LogP contribution in [0.15, 0.2) is 207 Å². The molecule has 3 aromatic heterocycles. The highest BCUT2D eigenvalue weighted by Crippen LogP contribution is 2.46. The molecule has 10 nitrogen and oxygen atoms in total. The van der Waals surface area contributed by atoms with E-state index >= 15 is 0 Å². The number of hydrogen-bond acceptors (Lipinski definition) is 9. The van der Waals surface area contributed by atoms with Crippen molar-refractivity contribution in [1.29, 1.82) is 0 Å². The summed E-state index contributed by atoms with van der Waals surface area (Å²) in [5, 5.41) is 13.9. The van der Waals surface area contributed by atoms with Gasteiger partial charge in [0.2, 0.25) is 17.8 Å². The second-order valence-corrected chi connectivity index (χ2v) is 35.2. The van der Waals surface area contributed by atoms with Crippen LogP contribution in [0.2, 0.25) is 0 Å². The number of nitrogens with zero attached hydrogens (tertiary/aromatic N) is 5. The van der Waals surface area contributed by atoms with E-state index in [1.165, 1.54) is 197 Å². The van der Waals surface area contributed by atoms with E-state index in [1.54, 1.807) is 23.5 Å². The zero-order valence-corrected chi connectivity index (χ0v) is 73.5. The summed E-state index contributed by atoms with van der Waals surface area (Å²) >= 11 is 0. The molecule has 0 spiro atoms. The summed E-state index contributed by atoms with van der Waals surface area (Å²) in [6.07, 6.45) is 24.2. The Bertz CT molecular complexity index is 5280. The van der Waals surface area contributed by atoms with Gasteiger partial charge >= 0.3 is 0 Å². The molecule has 4 aliphatic carbocycles. The lowest BCUT2D eigenvalue weighted by Crippen LogP contribution is -2.26. The van der Waals surface area contributed by atoms with E-state index in [9.17, 15) is 4.79 Å². The lowest BCUT2D eigenvalue weighted by Gasteiger charge is -2.24. The average Bonchev–Trinajstić information content (AvgIpc) is 1.62. The Labute approximate surface area is 705 Å². The van der Waals surface area contributed by atoms with Crippen molar-refractivity contribution in [2.75, 3.05) is 40.9 Å². The largest absolute Gasteiger partial charge is 0.385 e. The SMILES string of the molecule is Cc1cc(C)c(C2CCCC2C(=O)Nc2ncc(-c3ccccc3C)cn2)cc1C.Cc1cc(C)c(C2CCCC2CNc2ccc(-c3ccccc3C)cc2C)cc1C.Cc1cc(C)c(C2CCCC2CNc2ccc(-c3ccccc3C)cn2)cc1C.Cc1cc(C)c(C2CCCC2CNc2ncc(-c3ccccc3C)cn2)cc1C. The van der Waals surface area contributed by atoms with Crippen molar-refractivity contribution in [2.24, 2.45) is 23.7 Å². The Kier molecular flexibility index (Phi) is 28.2. The van der Waals surface area contributed by atoms with Crippen LogP contribution in [0.1, 0.15) is 218 Å². The molecule has 16 rings (SSSR count). The Hall–Kier alpha value is -10.8. The van der Waals surface area contributed by atoms with Crippen molar-refractivity contribution < 1.29 is 4.79 Å². The summed E-state index contributed by atoms with van der Waals surface area (Å²) in [4.78, 5) is 35.7. The first kappa shape index (κ1) is 85.1. The number of carbonyl (C=O) groups excluding carboxylic acids is 1. The molecule has 610 valence electrons. The molecule has 4 N–H and O–H groups in total. The number of aryl methyl sites for hydroxylation is 17. The van der Waals surface area contributed by atoms with Crippen LogP contribution in [-0.4, -0.2) is 50.5 Å². The molecule has 4 aliphatic rings. The fraction of sp³-hybridized carbons (Fsp3) is 0.370. The number of amides is 1. The van der Waals surface area contributed by atoms with Crippen LogP contribution < -0.4 is 21.3 Å². The maximum Gasteiger partial charge on any atom is 0.230 e. The Morgan fingerprint density at radius 1 is 0.280 bits per heavy atom. The molecule has 0 saturated heterocycles. The topological polar surface area (TPSA) is 130 Å². The molecule has 0 aliphatic heterocycles. The minimum Gasteiger partial charge on any atom is -0.385 e. The zero-order valence-electron chi connectivity index (χ0n) is 73.5. The molecule has 12 aromatic rings. The lowest BCUT2D eigenvalue weighted by atomic mass is 9.84. The standard InChI is InChI=1S/C29H35N.C27H32N2.C26H29N3O.C26H31N3/c1-19-9-6-7-11-26(19)24-13-14-29(23(5)16-24)30-18-25-10-8-12-27(25)28-17-21(3)20(2)15-22(28)4;1-18-8-5-6-10-24(18)23-12-13-27(29-17-23)28-16-22-9-7-11-25(22)26-15-20(3)19(2)14-21(26)4;1-16-8-5-6-9-21(16)20-14-27-26(28-15-20)29-25(30)23-11-7-10-22(23)24-13-18(3)17(2)12-19(24)4;1-17-8-5-6-10-23(17)22-15-28-26(29-16-22)27-14-21-9-7-11-24(21)25-13-19(3)18(2)12-20(25)4/h6-7,9,11,13-17,25,27,30H,8,10,12,18H2,1-5H3;5-6,8,10,12-15,17,22,25H,7,9,11,16H2,1-4H3,(H,28,29);5-6,8-9,12-15,22-23H,7,10-11H2,1-4H3,(H,27,28,29,30);5-6,8,10,12-13,15-16,21,24H,7,9,11,14H2,1-4H3,(H,27,28,29). The monoisotopic (exact) mass is 1570 g/mol. The summed E-state index contributed by atoms with van der Waals surface area (Å²) in [6, 6.07) is 63.7. The van der Waals surface area contributed by atoms with Gasteiger partial charge in [0.25, 0.3) is 0 Å². The normalized spacial score (nSPS) is 18.6. The van der Waals surface area contributed by atoms with E-state index in [0.717, 1.165) is 67.4 Å². The van der Waals surface area contributed by atoms with Gasteiger partial charge in [-0.2, -0.15) is 0 Å². The number of carbonyl (C=O) groups is 1. The van der Waals surface area contributed by atoms with Gasteiger partial charge in [0.15, 0.2) is 0 Å². The fourth-order valence-corrected chi connectivity index (χ4v) is 19.5. The molecule has 4 saturated carbocycles. The van der Waals surface area contributed by atoms with Gasteiger partial charge in [0.1, 0.15) is 5.82 Å². The van der Waals surface area contributed by atoms with Crippen LogP contribution in [0.5, 0.6) is 0 Å². The van der Waals surface area contributed by atoms with E-state index < -0.39 is 0 Å². The number of nitrogens with one attached hydrogen (secondary N) is 4. The van der Waals surface area contributed by atoms with Gasteiger partial charge in [-0.15, -0.1) is 0 Å². The van der Waals surface area contributed by atoms with Crippen molar-refractivity contribution in [3.8, 4) is 44.5 Å². The summed E-state index contributed by atoms with van der Waals surface area (Å²) in [5.74, 6) is 6.32. The summed E-state index contributed by atoms with van der Waals surface area (Å²) < 4.78 is 0. The first-order valence-electron chi connectivity index (χ1n) is 43.7. The molecule has 9 aromatic carbocycles. The first-order chi connectivity index (χ1) is 56.9. The van der Waals surface area contributed by atoms with Crippen LogP contribution in [0.25, 0.3) is 44.5 Å². The van der Waals surface area contributed by atoms with Crippen molar-refractivity contribution in [1.82, 2.24) is 24.9 Å². The number of aromatic nitrogens is 5. The van der Waals surface area contributed by atoms with Crippen LogP contribution >= 0.6 is 0 Å². The van der Waals surface area contributed by atoms with Gasteiger partial charge in [-0.05, 0) is 379 Å². The maximum absolute atomic E-state index is 13.1. The quantitative estimate of drug-likeness (QED) is 0.0625. The molecular weight excluding hydrogens is 1440 g/mol. The second kappa shape index (κ2) is 39.2. The van der Waals surface area contributed by atoms with E-state index in [0.29, 0.717) is 41.5 Å². The lowest BCUT2D eigenvalue weighted by molar-refractivity contribution is -0.120. The van der Waals surface area contributed by atoms with E-state index in [4.69, 9.17) is 0 Å². The fourth-order valence-electron chi connectivity index (χ4n) is 19.5. The highest BCUT2D eigenvalue weighted by molar-refractivity contribution is 5.92. The highest BCUT2D eigenvalue weighted by atomic mass is 16.2. The van der Waals surface area contributed by atoms with Crippen molar-refractivity contribution >= 4 is 29.3 Å². The molecule has 10 heteroatoms. The third-order valence-electron chi connectivity index (χ3n) is 26.9. The average molecular weight is 1570 g/mol. The second-order valence-electron chi connectivity index (χ2n) is 35.2. The molecule has 4 fully saturated rings. The predicted octanol–water partition coefficient (Wildman–Crippen LogP) is 27.1. The van der Waals surface area contributed by atoms with Crippen molar-refractivity contribution in [2.45, 2.75) is 218 Å². The molecule has 0 bridgehead atoms. The minimum absolute atomic E-state index is 0.0266. The molecule has 118 heavy (non-hydrogen) atoms. The van der Waals surface area contributed by atoms with Gasteiger partial charge in [0.05, 0.1) is 0 Å². The number of rotatable bonds is 19. The first-order valence-corrected chi connectivity index (χ1v) is 43.7. The molecule has 8 atom stereocenters. The summed E-state index contributed by atoms with van der Waals surface area (Å²) in [6.45, 7) is 40.4. The van der Waals surface area contributed by atoms with E-state index in [2.05, 4.69) is 328 Å². The molecule has 0 radical (unpaired) electrons. The van der Waals surface area contributed by atoms with Gasteiger partial charge < -0.3 is 16.0 Å². The van der Waals surface area contributed by atoms with Gasteiger partial charge in [-0.3, -0.25) is 10.1 Å². The Morgan fingerprint density at radius 3 is 1.01 bits per heavy atom. The molecule has 3 heterocycles. The maximum atomic E-state index is 13.1. The van der Waals surface area contributed by atoms with E-state index in [1.807, 2.05) is 30.7 Å². The zero-order chi connectivity index (χ0) is 83.3. The van der Waals surface area contributed by atoms with Crippen molar-refractivity contribution in [3.63, 3.8) is 0 Å². The Morgan fingerprint density at radius 2 is 0.610 bits per heavy atom. The Balaban J connectivity index is 0.000000136. The number of pyridine rings is 1. The summed E-state index contributed by atoms with van der Waals surface area (Å²) in [5.41, 5.74) is 39.7. The smallest absolute Gasteiger partial charge is 0.230 e. The number of hydrogen-bond donors (Lipinski definition) is 4. The predicted molar refractivity (Wildman–Crippen MR) is 497 cm³/mol. The third-order valence-corrected chi connectivity index (χ3v) is 26.9. The minimum atomic E-state index is -0.0366. The molecule has 1 amide bonds. The third kappa shape index (κ3) is 20.6. The molecular formula is C108H127N9O. The summed E-state index contributed by atoms with van der Waals surface area (Å²) in [7, 11) is 0. The number of anilines is 4. The van der Waals surface area contributed by atoms with Gasteiger partial charge in [-0.25, -0.2) is 24.9 Å². The molecule has 8 unspecified atom stereocenters. The number of benzene rings is 9. The van der Waals surface area contributed by atoms with E-state index in [-0.39, 0.29) is 17.7 Å². The van der Waals surface area contributed by atoms with Crippen LogP contribution in [0.4, 0.5) is 23.4 Å². The van der Waals surface area contributed by atoms with Crippen LogP contribution in [0, 0.1) is 141 Å². The van der Waals surface area contributed by atoms with Gasteiger partial charge in [0, 0.05) is 78.9 Å². The van der Waals surface area contributed by atoms with Crippen LogP contribution in [0.3, 0.4) is 0 Å². The highest BCUT2D eigenvalue weighted by Gasteiger charge is 2.37. The van der Waals surface area contributed by atoms with Crippen LogP contribution in [-0.2, 0) is 4.79 Å². The van der Waals surface area contributed by atoms with Gasteiger partial charge in [-0.1, -0.05) is 177 Å². The van der Waals surface area contributed by atoms with Crippen molar-refractivity contribution in [3.05, 3.63) is 324 Å².